The number of hydrogen-bond acceptors (Lipinski definition) is 6. The average molecular weight is 471 g/mol. The van der Waals surface area contributed by atoms with E-state index >= 15 is 0 Å². The molecule has 0 saturated carbocycles. The number of nitrogens with one attached hydrogen (secondary N) is 1. The molecule has 1 amide bonds. The van der Waals surface area contributed by atoms with Crippen LogP contribution in [0.4, 0.5) is 23.7 Å². The summed E-state index contributed by atoms with van der Waals surface area (Å²) in [5, 5.41) is 11.9. The van der Waals surface area contributed by atoms with Crippen LogP contribution in [0.5, 0.6) is 11.5 Å². The lowest BCUT2D eigenvalue weighted by Gasteiger charge is -2.18. The van der Waals surface area contributed by atoms with Crippen molar-refractivity contribution in [2.45, 2.75) is 45.4 Å². The molecular formula is C22H24F3NO7. The normalized spacial score (nSPS) is 12.2. The van der Waals surface area contributed by atoms with E-state index in [1.54, 1.807) is 32.0 Å². The lowest BCUT2D eigenvalue weighted by molar-refractivity contribution is -0.274. The van der Waals surface area contributed by atoms with Crippen molar-refractivity contribution in [2.24, 2.45) is 0 Å². The van der Waals surface area contributed by atoms with Gasteiger partial charge in [0.25, 0.3) is 0 Å². The summed E-state index contributed by atoms with van der Waals surface area (Å²) < 4.78 is 56.1. The van der Waals surface area contributed by atoms with Crippen molar-refractivity contribution >= 4 is 17.7 Å². The minimum atomic E-state index is -4.79. The first kappa shape index (κ1) is 25.8. The highest BCUT2D eigenvalue weighted by molar-refractivity contribution is 5.85. The zero-order chi connectivity index (χ0) is 24.6. The van der Waals surface area contributed by atoms with Crippen LogP contribution in [0.1, 0.15) is 25.0 Å². The van der Waals surface area contributed by atoms with Crippen molar-refractivity contribution in [3.63, 3.8) is 0 Å². The number of carboxylic acid groups (broad SMARTS) is 1. The molecule has 11 heteroatoms. The Morgan fingerprint density at radius 1 is 1.09 bits per heavy atom. The fourth-order valence-corrected chi connectivity index (χ4v) is 2.83. The Morgan fingerprint density at radius 2 is 1.76 bits per heavy atom. The molecule has 2 N–H and O–H groups in total. The van der Waals surface area contributed by atoms with E-state index in [9.17, 15) is 27.9 Å². The van der Waals surface area contributed by atoms with Gasteiger partial charge in [-0.1, -0.05) is 12.1 Å². The zero-order valence-corrected chi connectivity index (χ0v) is 18.1. The van der Waals surface area contributed by atoms with Crippen LogP contribution in [-0.4, -0.2) is 42.8 Å². The van der Waals surface area contributed by atoms with Crippen LogP contribution >= 0.6 is 0 Å². The molecule has 180 valence electrons. The third kappa shape index (κ3) is 8.89. The Bertz CT molecular complexity index is 946. The number of hydrogen-bond donors (Lipinski definition) is 2. The molecule has 0 radical (unpaired) electrons. The summed E-state index contributed by atoms with van der Waals surface area (Å²) in [6.07, 6.45) is -7.00. The second-order valence-electron chi connectivity index (χ2n) is 7.14. The first-order chi connectivity index (χ1) is 15.5. The van der Waals surface area contributed by atoms with Crippen LogP contribution in [0, 0.1) is 0 Å². The topological polar surface area (TPSA) is 103 Å². The number of carboxylic acids is 1. The highest BCUT2D eigenvalue weighted by Gasteiger charge is 2.31. The van der Waals surface area contributed by atoms with Crippen LogP contribution in [0.2, 0.25) is 0 Å². The van der Waals surface area contributed by atoms with E-state index in [0.717, 1.165) is 12.1 Å². The Labute approximate surface area is 188 Å². The molecule has 8 nitrogen and oxygen atoms in total. The molecule has 33 heavy (non-hydrogen) atoms. The number of anilines is 1. The summed E-state index contributed by atoms with van der Waals surface area (Å²) in [5.74, 6) is -1.09. The summed E-state index contributed by atoms with van der Waals surface area (Å²) in [5.41, 5.74) is 1.28. The van der Waals surface area contributed by atoms with Crippen LogP contribution < -0.4 is 14.8 Å². The van der Waals surface area contributed by atoms with Gasteiger partial charge in [-0.05, 0) is 55.3 Å². The maximum absolute atomic E-state index is 12.2. The highest BCUT2D eigenvalue weighted by Crippen LogP contribution is 2.26. The van der Waals surface area contributed by atoms with E-state index in [-0.39, 0.29) is 24.9 Å². The van der Waals surface area contributed by atoms with Crippen LogP contribution in [0.15, 0.2) is 42.5 Å². The first-order valence-electron chi connectivity index (χ1n) is 9.80. The zero-order valence-electron chi connectivity index (χ0n) is 18.1. The minimum absolute atomic E-state index is 0.00754. The van der Waals surface area contributed by atoms with Crippen molar-refractivity contribution in [2.75, 3.05) is 12.4 Å². The number of methoxy groups -OCH3 is 1. The number of halogens is 3. The maximum atomic E-state index is 12.2. The Morgan fingerprint density at radius 3 is 2.30 bits per heavy atom. The third-order valence-electron chi connectivity index (χ3n) is 4.17. The summed E-state index contributed by atoms with van der Waals surface area (Å²) in [4.78, 5) is 23.6. The monoisotopic (exact) mass is 471 g/mol. The number of amides is 1. The molecule has 1 unspecified atom stereocenters. The van der Waals surface area contributed by atoms with Crippen LogP contribution in [0.25, 0.3) is 0 Å². The smallest absolute Gasteiger partial charge is 0.496 e. The summed E-state index contributed by atoms with van der Waals surface area (Å²) in [7, 11) is 1.43. The second kappa shape index (κ2) is 11.4. The van der Waals surface area contributed by atoms with Crippen molar-refractivity contribution in [1.82, 2.24) is 0 Å². The van der Waals surface area contributed by atoms with Gasteiger partial charge in [0.1, 0.15) is 18.1 Å². The molecule has 0 spiro atoms. The number of aliphatic carboxylic acids is 1. The van der Waals surface area contributed by atoms with Gasteiger partial charge in [-0.3, -0.25) is 5.32 Å². The van der Waals surface area contributed by atoms with E-state index in [4.69, 9.17) is 14.2 Å². The van der Waals surface area contributed by atoms with Crippen molar-refractivity contribution in [3.05, 3.63) is 53.6 Å². The van der Waals surface area contributed by atoms with E-state index in [1.807, 2.05) is 0 Å². The molecule has 0 heterocycles. The SMILES string of the molecule is COc1ccc(NC(=O)OCc2ccc(OC(F)(F)F)cc2)cc1CC(OC(C)C)C(=O)O. The predicted molar refractivity (Wildman–Crippen MR) is 111 cm³/mol. The quantitative estimate of drug-likeness (QED) is 0.515. The summed E-state index contributed by atoms with van der Waals surface area (Å²) in [6.45, 7) is 3.25. The number of carbonyl (C=O) groups is 2. The van der Waals surface area contributed by atoms with Gasteiger partial charge in [-0.25, -0.2) is 9.59 Å². The van der Waals surface area contributed by atoms with Gasteiger partial charge in [-0.2, -0.15) is 0 Å². The molecule has 2 rings (SSSR count). The van der Waals surface area contributed by atoms with E-state index in [0.29, 0.717) is 22.6 Å². The number of alkyl halides is 3. The molecular weight excluding hydrogens is 447 g/mol. The van der Waals surface area contributed by atoms with Gasteiger partial charge >= 0.3 is 18.4 Å². The molecule has 0 saturated heterocycles. The molecule has 0 aliphatic heterocycles. The molecule has 2 aromatic rings. The van der Waals surface area contributed by atoms with Crippen molar-refractivity contribution in [1.29, 1.82) is 0 Å². The number of ether oxygens (including phenoxy) is 4. The summed E-state index contributed by atoms with van der Waals surface area (Å²) >= 11 is 0. The standard InChI is InChI=1S/C22H24F3NO7/c1-13(2)32-19(20(27)28)11-15-10-16(6-9-18(15)30-3)26-21(29)31-12-14-4-7-17(8-5-14)33-22(23,24)25/h4-10,13,19H,11-12H2,1-3H3,(H,26,29)(H,27,28). The van der Waals surface area contributed by atoms with Gasteiger partial charge in [0.05, 0.1) is 13.2 Å². The van der Waals surface area contributed by atoms with Crippen molar-refractivity contribution in [3.8, 4) is 11.5 Å². The highest BCUT2D eigenvalue weighted by atomic mass is 19.4. The van der Waals surface area contributed by atoms with Crippen LogP contribution in [-0.2, 0) is 27.3 Å². The number of rotatable bonds is 10. The molecule has 0 aliphatic rings. The number of benzene rings is 2. The largest absolute Gasteiger partial charge is 0.573 e. The first-order valence-corrected chi connectivity index (χ1v) is 9.80. The fraction of sp³-hybridized carbons (Fsp3) is 0.364. The van der Waals surface area contributed by atoms with Gasteiger partial charge in [-0.15, -0.1) is 13.2 Å². The van der Waals surface area contributed by atoms with Gasteiger partial charge in [0.15, 0.2) is 6.10 Å². The van der Waals surface area contributed by atoms with Gasteiger partial charge in [0.2, 0.25) is 0 Å². The average Bonchev–Trinajstić information content (AvgIpc) is 2.71. The van der Waals surface area contributed by atoms with E-state index in [1.165, 1.54) is 19.2 Å². The lowest BCUT2D eigenvalue weighted by atomic mass is 10.1. The molecule has 2 aromatic carbocycles. The van der Waals surface area contributed by atoms with Crippen LogP contribution in [0.3, 0.4) is 0 Å². The number of carbonyl (C=O) groups excluding carboxylic acids is 1. The molecule has 0 aliphatic carbocycles. The third-order valence-corrected chi connectivity index (χ3v) is 4.17. The van der Waals surface area contributed by atoms with Gasteiger partial charge in [0, 0.05) is 12.1 Å². The second-order valence-corrected chi connectivity index (χ2v) is 7.14. The molecule has 0 fully saturated rings. The maximum Gasteiger partial charge on any atom is 0.573 e. The van der Waals surface area contributed by atoms with E-state index < -0.39 is 24.5 Å². The molecule has 0 bridgehead atoms. The fourth-order valence-electron chi connectivity index (χ4n) is 2.83. The molecule has 1 atom stereocenters. The van der Waals surface area contributed by atoms with Gasteiger partial charge < -0.3 is 24.1 Å². The molecule has 0 aromatic heterocycles. The Balaban J connectivity index is 2.00. The Hall–Kier alpha value is -3.47. The minimum Gasteiger partial charge on any atom is -0.496 e. The predicted octanol–water partition coefficient (Wildman–Crippen LogP) is 4.76. The van der Waals surface area contributed by atoms with Crippen molar-refractivity contribution < 1.29 is 46.8 Å². The summed E-state index contributed by atoms with van der Waals surface area (Å²) in [6, 6.07) is 9.55. The Kier molecular flexibility index (Phi) is 8.92. The van der Waals surface area contributed by atoms with E-state index in [2.05, 4.69) is 10.1 Å². The lowest BCUT2D eigenvalue weighted by Crippen LogP contribution is -2.29.